The number of benzene rings is 7. The number of hydrogen-bond donors (Lipinski definition) is 0. The first kappa shape index (κ1) is 43.2. The standard InChI is InChI=1S/C62H48N6/c1-4-5-9-19-42(2)44-34-36-48(37-35-44)58-65-61(68-62(67-58)56-41-52(33-32-43(56)3)46-22-12-7-13-23-46)55-31-18-28-51(40-55)50-27-17-30-54(39-50)60-64-57(47-24-14-8-15-25-47)63-59(66-60)53-29-16-26-49(38-53)45-20-10-6-11-21-45/h4-41,43,56H,1H2,2-3H3/b9-5-,42-19+. The fourth-order valence-electron chi connectivity index (χ4n) is 8.46. The van der Waals surface area contributed by atoms with Gasteiger partial charge < -0.3 is 0 Å². The summed E-state index contributed by atoms with van der Waals surface area (Å²) in [6.45, 7) is 8.12. The zero-order valence-electron chi connectivity index (χ0n) is 38.0. The Labute approximate surface area is 398 Å². The molecule has 2 atom stereocenters. The van der Waals surface area contributed by atoms with Crippen LogP contribution in [0.25, 0.3) is 90.3 Å². The number of aromatic nitrogens is 6. The van der Waals surface area contributed by atoms with Gasteiger partial charge in [-0.2, -0.15) is 0 Å². The van der Waals surface area contributed by atoms with E-state index in [0.717, 1.165) is 78.2 Å². The lowest BCUT2D eigenvalue weighted by Gasteiger charge is -2.23. The number of hydrogen-bond acceptors (Lipinski definition) is 6. The SMILES string of the molecule is C=C/C=C\C=C(/C)c1ccc(-c2nc(-c3cccc(-c4cccc(-c5nc(-c6ccccc6)nc(-c6cccc(-c7ccccc7)c6)n5)c4)c3)nc(C3C=C(c4ccccc4)C=CC3C)n2)cc1. The van der Waals surface area contributed by atoms with Gasteiger partial charge in [0.1, 0.15) is 5.82 Å². The minimum absolute atomic E-state index is 0.0662. The van der Waals surface area contributed by atoms with Crippen LogP contribution in [-0.4, -0.2) is 29.9 Å². The third-order valence-corrected chi connectivity index (χ3v) is 12.2. The normalized spacial score (nSPS) is 14.7. The van der Waals surface area contributed by atoms with E-state index in [2.05, 4.69) is 190 Å². The summed E-state index contributed by atoms with van der Waals surface area (Å²) in [4.78, 5) is 30.9. The molecule has 0 saturated heterocycles. The van der Waals surface area contributed by atoms with E-state index in [1.54, 1.807) is 6.08 Å². The lowest BCUT2D eigenvalue weighted by atomic mass is 9.84. The zero-order valence-corrected chi connectivity index (χ0v) is 38.0. The van der Waals surface area contributed by atoms with Gasteiger partial charge in [0.05, 0.1) is 0 Å². The van der Waals surface area contributed by atoms with E-state index in [1.165, 1.54) is 0 Å². The van der Waals surface area contributed by atoms with Crippen LogP contribution >= 0.6 is 0 Å². The highest BCUT2D eigenvalue weighted by Crippen LogP contribution is 2.37. The topological polar surface area (TPSA) is 77.3 Å². The Balaban J connectivity index is 1.04. The molecule has 0 saturated carbocycles. The van der Waals surface area contributed by atoms with Gasteiger partial charge in [0, 0.05) is 33.7 Å². The number of nitrogens with zero attached hydrogens (tertiary/aromatic N) is 6. The first-order valence-electron chi connectivity index (χ1n) is 22.9. The van der Waals surface area contributed by atoms with Crippen LogP contribution in [0, 0.1) is 5.92 Å². The Morgan fingerprint density at radius 3 is 1.37 bits per heavy atom. The molecule has 10 rings (SSSR count). The molecule has 0 fully saturated rings. The molecule has 6 heteroatoms. The van der Waals surface area contributed by atoms with E-state index in [-0.39, 0.29) is 11.8 Å². The molecule has 2 heterocycles. The number of allylic oxidation sites excluding steroid dienone is 9. The van der Waals surface area contributed by atoms with Crippen molar-refractivity contribution in [1.82, 2.24) is 29.9 Å². The second-order valence-corrected chi connectivity index (χ2v) is 16.9. The minimum Gasteiger partial charge on any atom is -0.212 e. The maximum Gasteiger partial charge on any atom is 0.164 e. The lowest BCUT2D eigenvalue weighted by molar-refractivity contribution is 0.602. The maximum atomic E-state index is 5.27. The molecule has 326 valence electrons. The van der Waals surface area contributed by atoms with Crippen LogP contribution in [-0.2, 0) is 0 Å². The largest absolute Gasteiger partial charge is 0.212 e. The fraction of sp³-hybridized carbons (Fsp3) is 0.0645. The smallest absolute Gasteiger partial charge is 0.164 e. The van der Waals surface area contributed by atoms with Crippen molar-refractivity contribution in [2.24, 2.45) is 5.92 Å². The quantitative estimate of drug-likeness (QED) is 0.114. The van der Waals surface area contributed by atoms with Crippen LogP contribution in [0.15, 0.2) is 237 Å². The summed E-state index contributed by atoms with van der Waals surface area (Å²) in [7, 11) is 0. The van der Waals surface area contributed by atoms with Crippen LogP contribution < -0.4 is 0 Å². The van der Waals surface area contributed by atoms with E-state index < -0.39 is 0 Å². The molecule has 0 N–H and O–H groups in total. The van der Waals surface area contributed by atoms with Crippen LogP contribution in [0.1, 0.15) is 36.7 Å². The fourth-order valence-corrected chi connectivity index (χ4v) is 8.46. The van der Waals surface area contributed by atoms with Crippen molar-refractivity contribution < 1.29 is 0 Å². The summed E-state index contributed by atoms with van der Waals surface area (Å²) >= 11 is 0. The zero-order chi connectivity index (χ0) is 46.2. The van der Waals surface area contributed by atoms with Gasteiger partial charge in [0.25, 0.3) is 0 Å². The van der Waals surface area contributed by atoms with Gasteiger partial charge in [0.2, 0.25) is 0 Å². The predicted molar refractivity (Wildman–Crippen MR) is 280 cm³/mol. The third kappa shape index (κ3) is 9.62. The average molecular weight is 877 g/mol. The van der Waals surface area contributed by atoms with Crippen LogP contribution in [0.5, 0.6) is 0 Å². The molecule has 1 aliphatic rings. The van der Waals surface area contributed by atoms with Crippen molar-refractivity contribution in [3.05, 3.63) is 254 Å². The Hall–Kier alpha value is -8.74. The summed E-state index contributed by atoms with van der Waals surface area (Å²) in [5, 5.41) is 0. The van der Waals surface area contributed by atoms with Gasteiger partial charge >= 0.3 is 0 Å². The third-order valence-electron chi connectivity index (χ3n) is 12.2. The molecule has 6 nitrogen and oxygen atoms in total. The highest BCUT2D eigenvalue weighted by Gasteiger charge is 2.25. The van der Waals surface area contributed by atoms with Crippen molar-refractivity contribution in [3.63, 3.8) is 0 Å². The first-order chi connectivity index (χ1) is 33.5. The predicted octanol–water partition coefficient (Wildman–Crippen LogP) is 15.2. The second kappa shape index (κ2) is 19.8. The summed E-state index contributed by atoms with van der Waals surface area (Å²) in [6, 6.07) is 64.6. The molecule has 0 spiro atoms. The van der Waals surface area contributed by atoms with Crippen molar-refractivity contribution in [1.29, 1.82) is 0 Å². The van der Waals surface area contributed by atoms with Crippen LogP contribution in [0.2, 0.25) is 0 Å². The van der Waals surface area contributed by atoms with Crippen molar-refractivity contribution >= 4 is 11.1 Å². The van der Waals surface area contributed by atoms with E-state index in [1.807, 2.05) is 54.6 Å². The van der Waals surface area contributed by atoms with E-state index in [0.29, 0.717) is 29.1 Å². The molecule has 9 aromatic rings. The van der Waals surface area contributed by atoms with Gasteiger partial charge in [0.15, 0.2) is 29.1 Å². The molecule has 0 aliphatic heterocycles. The van der Waals surface area contributed by atoms with Crippen LogP contribution in [0.4, 0.5) is 0 Å². The summed E-state index contributed by atoms with van der Waals surface area (Å²) in [5.41, 5.74) is 13.3. The van der Waals surface area contributed by atoms with Gasteiger partial charge in [-0.1, -0.05) is 226 Å². The van der Waals surface area contributed by atoms with Gasteiger partial charge in [-0.05, 0) is 75.6 Å². The Bertz CT molecular complexity index is 3370. The monoisotopic (exact) mass is 876 g/mol. The molecular weight excluding hydrogens is 829 g/mol. The molecule has 0 bridgehead atoms. The van der Waals surface area contributed by atoms with Crippen molar-refractivity contribution in [2.45, 2.75) is 19.8 Å². The van der Waals surface area contributed by atoms with Gasteiger partial charge in [-0.3, -0.25) is 0 Å². The van der Waals surface area contributed by atoms with Gasteiger partial charge in [-0.25, -0.2) is 29.9 Å². The molecule has 2 aromatic heterocycles. The summed E-state index contributed by atoms with van der Waals surface area (Å²) in [6.07, 6.45) is 14.6. The summed E-state index contributed by atoms with van der Waals surface area (Å²) < 4.78 is 0. The maximum absolute atomic E-state index is 5.27. The molecule has 2 unspecified atom stereocenters. The van der Waals surface area contributed by atoms with Crippen molar-refractivity contribution in [2.75, 3.05) is 0 Å². The van der Waals surface area contributed by atoms with E-state index in [9.17, 15) is 0 Å². The highest BCUT2D eigenvalue weighted by molar-refractivity contribution is 5.78. The van der Waals surface area contributed by atoms with E-state index >= 15 is 0 Å². The Morgan fingerprint density at radius 2 is 0.838 bits per heavy atom. The first-order valence-corrected chi connectivity index (χ1v) is 22.9. The lowest BCUT2D eigenvalue weighted by Crippen LogP contribution is -2.14. The number of rotatable bonds is 12. The molecule has 1 aliphatic carbocycles. The molecule has 7 aromatic carbocycles. The van der Waals surface area contributed by atoms with Gasteiger partial charge in [-0.15, -0.1) is 0 Å². The van der Waals surface area contributed by atoms with E-state index in [4.69, 9.17) is 29.9 Å². The minimum atomic E-state index is -0.0662. The molecule has 0 amide bonds. The summed E-state index contributed by atoms with van der Waals surface area (Å²) in [5.74, 6) is 3.88. The second-order valence-electron chi connectivity index (χ2n) is 16.9. The van der Waals surface area contributed by atoms with Crippen LogP contribution in [0.3, 0.4) is 0 Å². The Kier molecular flexibility index (Phi) is 12.6. The molecule has 0 radical (unpaired) electrons. The highest BCUT2D eigenvalue weighted by atomic mass is 15.0. The van der Waals surface area contributed by atoms with Crippen molar-refractivity contribution in [3.8, 4) is 79.2 Å². The molecule has 68 heavy (non-hydrogen) atoms. The molecular formula is C62H48N6. The average Bonchev–Trinajstić information content (AvgIpc) is 3.41. The Morgan fingerprint density at radius 1 is 0.426 bits per heavy atom.